The van der Waals surface area contributed by atoms with Gasteiger partial charge in [-0.2, -0.15) is 24.9 Å². The highest BCUT2D eigenvalue weighted by molar-refractivity contribution is 7.99. The summed E-state index contributed by atoms with van der Waals surface area (Å²) in [5, 5.41) is 3.53. The molecule has 1 N–H and O–H groups in total. The Labute approximate surface area is 149 Å². The van der Waals surface area contributed by atoms with Crippen LogP contribution in [-0.4, -0.2) is 29.3 Å². The predicted octanol–water partition coefficient (Wildman–Crippen LogP) is 4.14. The maximum Gasteiger partial charge on any atom is 0.422 e. The summed E-state index contributed by atoms with van der Waals surface area (Å²) in [6.07, 6.45) is -1.73. The summed E-state index contributed by atoms with van der Waals surface area (Å²) in [6.45, 7) is -0.722. The molecule has 0 aliphatic carbocycles. The lowest BCUT2D eigenvalue weighted by molar-refractivity contribution is -0.154. The molecule has 0 spiro atoms. The standard InChI is InChI=1S/C18H19F3N2OS/c19-18(20,21)12-24-17-6-5-13(10-23-17)9-22-16-11-25-8-7-14-3-1-2-4-15(14)16/h1-6,10,16,22H,7-9,11-12H2/t16-/m0/s1. The number of halogens is 3. The molecule has 0 fully saturated rings. The molecule has 1 aliphatic rings. The first-order valence-corrected chi connectivity index (χ1v) is 9.20. The van der Waals surface area contributed by atoms with E-state index in [1.807, 2.05) is 11.8 Å². The molecule has 0 unspecified atom stereocenters. The summed E-state index contributed by atoms with van der Waals surface area (Å²) < 4.78 is 41.0. The Hall–Kier alpha value is -1.73. The molecule has 1 aliphatic heterocycles. The maximum absolute atomic E-state index is 12.1. The van der Waals surface area contributed by atoms with Crippen LogP contribution >= 0.6 is 11.8 Å². The van der Waals surface area contributed by atoms with E-state index in [9.17, 15) is 13.2 Å². The summed E-state index contributed by atoms with van der Waals surface area (Å²) in [5.74, 6) is 2.09. The molecule has 0 radical (unpaired) electrons. The van der Waals surface area contributed by atoms with Crippen molar-refractivity contribution in [3.63, 3.8) is 0 Å². The highest BCUT2D eigenvalue weighted by atomic mass is 32.2. The highest BCUT2D eigenvalue weighted by Gasteiger charge is 2.28. The number of thioether (sulfide) groups is 1. The van der Waals surface area contributed by atoms with Gasteiger partial charge in [0.05, 0.1) is 0 Å². The van der Waals surface area contributed by atoms with Crippen LogP contribution in [0.25, 0.3) is 0 Å². The number of pyridine rings is 1. The summed E-state index contributed by atoms with van der Waals surface area (Å²) in [5.41, 5.74) is 3.61. The van der Waals surface area contributed by atoms with Gasteiger partial charge in [0.1, 0.15) is 0 Å². The van der Waals surface area contributed by atoms with Crippen LogP contribution in [-0.2, 0) is 13.0 Å². The van der Waals surface area contributed by atoms with Crippen molar-refractivity contribution in [3.8, 4) is 5.88 Å². The fraction of sp³-hybridized carbons (Fsp3) is 0.389. The minimum absolute atomic E-state index is 0.0172. The number of nitrogens with one attached hydrogen (secondary N) is 1. The largest absolute Gasteiger partial charge is 0.468 e. The van der Waals surface area contributed by atoms with Crippen molar-refractivity contribution in [3.05, 3.63) is 59.3 Å². The summed E-state index contributed by atoms with van der Waals surface area (Å²) >= 11 is 1.92. The molecular weight excluding hydrogens is 349 g/mol. The second-order valence-corrected chi connectivity index (χ2v) is 7.02. The molecule has 2 heterocycles. The van der Waals surface area contributed by atoms with Gasteiger partial charge in [0.2, 0.25) is 5.88 Å². The van der Waals surface area contributed by atoms with E-state index in [0.717, 1.165) is 23.5 Å². The number of rotatable bonds is 5. The van der Waals surface area contributed by atoms with E-state index < -0.39 is 12.8 Å². The third-order valence-electron chi connectivity index (χ3n) is 3.96. The van der Waals surface area contributed by atoms with Crippen molar-refractivity contribution in [2.24, 2.45) is 0 Å². The van der Waals surface area contributed by atoms with Gasteiger partial charge in [-0.05, 0) is 28.9 Å². The highest BCUT2D eigenvalue weighted by Crippen LogP contribution is 2.27. The van der Waals surface area contributed by atoms with Gasteiger partial charge in [-0.1, -0.05) is 30.3 Å². The minimum Gasteiger partial charge on any atom is -0.468 e. The number of aromatic nitrogens is 1. The van der Waals surface area contributed by atoms with Gasteiger partial charge in [-0.15, -0.1) is 0 Å². The van der Waals surface area contributed by atoms with Gasteiger partial charge < -0.3 is 10.1 Å². The molecule has 25 heavy (non-hydrogen) atoms. The minimum atomic E-state index is -4.35. The number of hydrogen-bond acceptors (Lipinski definition) is 4. The van der Waals surface area contributed by atoms with Crippen molar-refractivity contribution >= 4 is 11.8 Å². The quantitative estimate of drug-likeness (QED) is 0.860. The van der Waals surface area contributed by atoms with Crippen molar-refractivity contribution in [1.82, 2.24) is 10.3 Å². The van der Waals surface area contributed by atoms with Gasteiger partial charge >= 0.3 is 6.18 Å². The Bertz CT molecular complexity index is 691. The van der Waals surface area contributed by atoms with E-state index in [1.54, 1.807) is 12.3 Å². The Morgan fingerprint density at radius 1 is 1.20 bits per heavy atom. The lowest BCUT2D eigenvalue weighted by Crippen LogP contribution is -2.23. The van der Waals surface area contributed by atoms with Crippen molar-refractivity contribution in [2.45, 2.75) is 25.2 Å². The third kappa shape index (κ3) is 5.37. The summed E-state index contributed by atoms with van der Waals surface area (Å²) in [6, 6.07) is 11.9. The number of nitrogens with zero attached hydrogens (tertiary/aromatic N) is 1. The van der Waals surface area contributed by atoms with Gasteiger partial charge in [0.25, 0.3) is 0 Å². The SMILES string of the molecule is FC(F)(F)COc1ccc(CN[C@H]2CSCCc3ccccc32)cn1. The van der Waals surface area contributed by atoms with E-state index in [2.05, 4.69) is 39.3 Å². The maximum atomic E-state index is 12.1. The van der Waals surface area contributed by atoms with E-state index in [1.165, 1.54) is 17.2 Å². The molecule has 7 heteroatoms. The van der Waals surface area contributed by atoms with Crippen LogP contribution in [0.15, 0.2) is 42.6 Å². The molecule has 0 saturated heterocycles. The third-order valence-corrected chi connectivity index (χ3v) is 5.03. The average Bonchev–Trinajstić information content (AvgIpc) is 2.81. The zero-order valence-corrected chi connectivity index (χ0v) is 14.4. The second kappa shape index (κ2) is 8.10. The number of aryl methyl sites for hydroxylation is 1. The molecule has 1 atom stereocenters. The zero-order chi connectivity index (χ0) is 17.7. The lowest BCUT2D eigenvalue weighted by atomic mass is 9.99. The van der Waals surface area contributed by atoms with Gasteiger partial charge in [0, 0.05) is 30.6 Å². The first kappa shape index (κ1) is 18.1. The number of ether oxygens (including phenoxy) is 1. The van der Waals surface area contributed by atoms with Crippen molar-refractivity contribution in [1.29, 1.82) is 0 Å². The molecule has 1 aromatic carbocycles. The molecule has 0 bridgehead atoms. The number of fused-ring (bicyclic) bond motifs is 1. The van der Waals surface area contributed by atoms with Crippen LogP contribution in [0.2, 0.25) is 0 Å². The summed E-state index contributed by atoms with van der Waals surface area (Å²) in [4.78, 5) is 3.94. The van der Waals surface area contributed by atoms with Crippen LogP contribution in [0.4, 0.5) is 13.2 Å². The van der Waals surface area contributed by atoms with Crippen molar-refractivity contribution < 1.29 is 17.9 Å². The Morgan fingerprint density at radius 3 is 2.80 bits per heavy atom. The second-order valence-electron chi connectivity index (χ2n) is 5.87. The first-order chi connectivity index (χ1) is 12.0. The topological polar surface area (TPSA) is 34.1 Å². The molecule has 134 valence electrons. The molecule has 0 amide bonds. The Kier molecular flexibility index (Phi) is 5.86. The molecule has 1 aromatic heterocycles. The fourth-order valence-electron chi connectivity index (χ4n) is 2.74. The first-order valence-electron chi connectivity index (χ1n) is 8.05. The van der Waals surface area contributed by atoms with Crippen molar-refractivity contribution in [2.75, 3.05) is 18.1 Å². The number of benzene rings is 1. The van der Waals surface area contributed by atoms with Crippen LogP contribution in [0.3, 0.4) is 0 Å². The zero-order valence-electron chi connectivity index (χ0n) is 13.6. The van der Waals surface area contributed by atoms with Crippen LogP contribution in [0, 0.1) is 0 Å². The van der Waals surface area contributed by atoms with E-state index in [4.69, 9.17) is 0 Å². The number of hydrogen-bond donors (Lipinski definition) is 1. The smallest absolute Gasteiger partial charge is 0.422 e. The van der Waals surface area contributed by atoms with E-state index in [0.29, 0.717) is 6.54 Å². The van der Waals surface area contributed by atoms with Gasteiger partial charge in [0.15, 0.2) is 6.61 Å². The van der Waals surface area contributed by atoms with E-state index >= 15 is 0 Å². The Balaban J connectivity index is 1.58. The van der Waals surface area contributed by atoms with Crippen LogP contribution in [0.1, 0.15) is 22.7 Å². The van der Waals surface area contributed by atoms with Crippen LogP contribution in [0.5, 0.6) is 5.88 Å². The van der Waals surface area contributed by atoms with Crippen LogP contribution < -0.4 is 10.1 Å². The Morgan fingerprint density at radius 2 is 2.04 bits per heavy atom. The monoisotopic (exact) mass is 368 g/mol. The fourth-order valence-corrected chi connectivity index (χ4v) is 3.81. The predicted molar refractivity (Wildman–Crippen MR) is 92.8 cm³/mol. The molecule has 3 nitrogen and oxygen atoms in total. The van der Waals surface area contributed by atoms with Gasteiger partial charge in [-0.3, -0.25) is 0 Å². The summed E-state index contributed by atoms with van der Waals surface area (Å²) in [7, 11) is 0. The average molecular weight is 368 g/mol. The molecular formula is C18H19F3N2OS. The van der Waals surface area contributed by atoms with Gasteiger partial charge in [-0.25, -0.2) is 4.98 Å². The molecule has 3 rings (SSSR count). The molecule has 2 aromatic rings. The molecule has 0 saturated carbocycles. The number of alkyl halides is 3. The lowest BCUT2D eigenvalue weighted by Gasteiger charge is -2.19. The normalized spacial score (nSPS) is 17.6. The van der Waals surface area contributed by atoms with E-state index in [-0.39, 0.29) is 11.9 Å².